The third-order valence-corrected chi connectivity index (χ3v) is 5.29. The fourth-order valence-electron chi connectivity index (χ4n) is 3.40. The van der Waals surface area contributed by atoms with Gasteiger partial charge in [0, 0.05) is 24.1 Å². The van der Waals surface area contributed by atoms with Crippen LogP contribution in [-0.4, -0.2) is 45.2 Å². The van der Waals surface area contributed by atoms with Gasteiger partial charge in [-0.2, -0.15) is 13.2 Å². The van der Waals surface area contributed by atoms with Crippen LogP contribution in [0.15, 0.2) is 54.3 Å². The molecule has 2 aromatic rings. The Kier molecular flexibility index (Phi) is 7.46. The molecule has 6 nitrogen and oxygen atoms in total. The van der Waals surface area contributed by atoms with E-state index >= 15 is 0 Å². The van der Waals surface area contributed by atoms with E-state index in [4.69, 9.17) is 0 Å². The average molecular weight is 518 g/mol. The van der Waals surface area contributed by atoms with Gasteiger partial charge in [-0.15, -0.1) is 0 Å². The number of halogens is 7. The van der Waals surface area contributed by atoms with Crippen molar-refractivity contribution in [3.63, 3.8) is 0 Å². The molecule has 3 atom stereocenters. The van der Waals surface area contributed by atoms with Gasteiger partial charge in [-0.3, -0.25) is 4.79 Å². The van der Waals surface area contributed by atoms with Gasteiger partial charge in [0.2, 0.25) is 0 Å². The molecule has 1 aromatic heterocycles. The Hall–Kier alpha value is -3.45. The van der Waals surface area contributed by atoms with Gasteiger partial charge in [0.15, 0.2) is 6.10 Å². The lowest BCUT2D eigenvalue weighted by molar-refractivity contribution is -0.207. The maximum absolute atomic E-state index is 14.3. The highest BCUT2D eigenvalue weighted by atomic mass is 19.4. The predicted molar refractivity (Wildman–Crippen MR) is 114 cm³/mol. The number of alkyl halides is 5. The molecule has 0 bridgehead atoms. The van der Waals surface area contributed by atoms with Crippen molar-refractivity contribution in [1.29, 1.82) is 0 Å². The molecule has 2 unspecified atom stereocenters. The Bertz CT molecular complexity index is 1210. The van der Waals surface area contributed by atoms with Gasteiger partial charge in [-0.25, -0.2) is 22.5 Å². The van der Waals surface area contributed by atoms with E-state index in [9.17, 15) is 45.8 Å². The van der Waals surface area contributed by atoms with E-state index in [-0.39, 0.29) is 10.6 Å². The largest absolute Gasteiger partial charge is 0.758 e. The standard InChI is InChI=1S/C23H19F7N3O3/c1-11(12-3-6-19(22(2,26)27)33(36)10-12)31-21(35)13-7-17(15-5-4-14(24)9-16(15)25)32-18(8-13)20(34)23(28,29)30/h3-11,19-20,34H,1-2H3,(H,31,35)/q-1/t11?,19?,20-/m1/s1. The summed E-state index contributed by atoms with van der Waals surface area (Å²) >= 11 is 0. The van der Waals surface area contributed by atoms with Crippen molar-refractivity contribution in [2.75, 3.05) is 0 Å². The van der Waals surface area contributed by atoms with E-state index in [2.05, 4.69) is 10.3 Å². The molecule has 0 radical (unpaired) electrons. The number of rotatable bonds is 6. The minimum atomic E-state index is -5.17. The second-order valence-electron chi connectivity index (χ2n) is 8.18. The molecule has 3 rings (SSSR count). The summed E-state index contributed by atoms with van der Waals surface area (Å²) in [5, 5.41) is 24.0. The second-order valence-corrected chi connectivity index (χ2v) is 8.18. The minimum absolute atomic E-state index is 0.0115. The van der Waals surface area contributed by atoms with E-state index in [0.29, 0.717) is 19.1 Å². The van der Waals surface area contributed by atoms with E-state index in [0.717, 1.165) is 30.5 Å². The SMILES string of the molecule is CC(NC(=O)c1cc(-c2ccc(F)cc2F)nc([C@@H](O)C(F)(F)F)c1)C1=CN([O-])C(C(C)(F)F)C=C1. The fourth-order valence-corrected chi connectivity index (χ4v) is 3.40. The highest BCUT2D eigenvalue weighted by molar-refractivity contribution is 5.95. The maximum atomic E-state index is 14.3. The average Bonchev–Trinajstić information content (AvgIpc) is 2.76. The number of nitrogens with zero attached hydrogens (tertiary/aromatic N) is 2. The number of benzene rings is 1. The molecule has 1 aromatic carbocycles. The Balaban J connectivity index is 1.94. The van der Waals surface area contributed by atoms with Crippen molar-refractivity contribution >= 4 is 5.91 Å². The molecule has 0 aliphatic carbocycles. The van der Waals surface area contributed by atoms with Crippen LogP contribution in [0, 0.1) is 16.8 Å². The number of aliphatic hydroxyl groups is 1. The molecule has 2 heterocycles. The van der Waals surface area contributed by atoms with Crippen molar-refractivity contribution in [2.24, 2.45) is 0 Å². The van der Waals surface area contributed by atoms with Gasteiger partial charge < -0.3 is 20.7 Å². The molecular formula is C23H19F7N3O3-. The van der Waals surface area contributed by atoms with Crippen molar-refractivity contribution < 1.29 is 40.6 Å². The molecule has 0 fully saturated rings. The molecular weight excluding hydrogens is 499 g/mol. The molecule has 0 spiro atoms. The zero-order valence-corrected chi connectivity index (χ0v) is 18.7. The van der Waals surface area contributed by atoms with Crippen molar-refractivity contribution in [1.82, 2.24) is 15.4 Å². The molecule has 0 saturated heterocycles. The Labute approximate surface area is 200 Å². The van der Waals surface area contributed by atoms with E-state index < -0.39 is 70.3 Å². The van der Waals surface area contributed by atoms with E-state index in [1.807, 2.05) is 0 Å². The molecule has 1 aliphatic rings. The summed E-state index contributed by atoms with van der Waals surface area (Å²) in [5.41, 5.74) is -2.28. The zero-order chi connectivity index (χ0) is 27.0. The summed E-state index contributed by atoms with van der Waals surface area (Å²) in [5.74, 6) is -6.47. The van der Waals surface area contributed by atoms with Gasteiger partial charge in [-0.1, -0.05) is 12.2 Å². The van der Waals surface area contributed by atoms with Crippen molar-refractivity contribution in [3.8, 4) is 11.3 Å². The normalized spacial score (nSPS) is 18.0. The Morgan fingerprint density at radius 2 is 1.83 bits per heavy atom. The van der Waals surface area contributed by atoms with Gasteiger partial charge >= 0.3 is 6.18 Å². The summed E-state index contributed by atoms with van der Waals surface area (Å²) in [6.45, 7) is 1.95. The van der Waals surface area contributed by atoms with Crippen LogP contribution in [0.4, 0.5) is 30.7 Å². The van der Waals surface area contributed by atoms with Crippen LogP contribution in [0.3, 0.4) is 0 Å². The van der Waals surface area contributed by atoms with E-state index in [1.165, 1.54) is 13.0 Å². The zero-order valence-electron chi connectivity index (χ0n) is 18.7. The first-order valence-electron chi connectivity index (χ1n) is 10.3. The minimum Gasteiger partial charge on any atom is -0.758 e. The summed E-state index contributed by atoms with van der Waals surface area (Å²) in [7, 11) is 0. The first-order valence-corrected chi connectivity index (χ1v) is 10.3. The smallest absolute Gasteiger partial charge is 0.420 e. The lowest BCUT2D eigenvalue weighted by atomic mass is 10.0. The van der Waals surface area contributed by atoms with Crippen LogP contribution in [0.5, 0.6) is 0 Å². The predicted octanol–water partition coefficient (Wildman–Crippen LogP) is 5.02. The number of aliphatic hydroxyl groups excluding tert-OH is 1. The van der Waals surface area contributed by atoms with Crippen LogP contribution >= 0.6 is 0 Å². The third-order valence-electron chi connectivity index (χ3n) is 5.29. The monoisotopic (exact) mass is 518 g/mol. The third kappa shape index (κ3) is 6.02. The molecule has 1 amide bonds. The summed E-state index contributed by atoms with van der Waals surface area (Å²) < 4.78 is 93.9. The highest BCUT2D eigenvalue weighted by Crippen LogP contribution is 2.34. The first kappa shape index (κ1) is 27.1. The van der Waals surface area contributed by atoms with Crippen LogP contribution in [0.25, 0.3) is 11.3 Å². The number of amides is 1. The number of hydrogen-bond donors (Lipinski definition) is 2. The van der Waals surface area contributed by atoms with Gasteiger partial charge in [-0.05, 0) is 43.0 Å². The van der Waals surface area contributed by atoms with Crippen LogP contribution in [0.1, 0.15) is 36.0 Å². The lowest BCUT2D eigenvalue weighted by Crippen LogP contribution is -2.42. The lowest BCUT2D eigenvalue weighted by Gasteiger charge is -2.40. The Morgan fingerprint density at radius 3 is 2.39 bits per heavy atom. The molecule has 36 heavy (non-hydrogen) atoms. The number of pyridine rings is 1. The van der Waals surface area contributed by atoms with Crippen LogP contribution < -0.4 is 5.32 Å². The molecule has 2 N–H and O–H groups in total. The second kappa shape index (κ2) is 9.90. The van der Waals surface area contributed by atoms with E-state index in [1.54, 1.807) is 0 Å². The van der Waals surface area contributed by atoms with Gasteiger partial charge in [0.1, 0.15) is 17.7 Å². The molecule has 1 aliphatic heterocycles. The fraction of sp³-hybridized carbons (Fsp3) is 0.304. The summed E-state index contributed by atoms with van der Waals surface area (Å²) in [4.78, 5) is 16.4. The number of aromatic nitrogens is 1. The number of nitrogens with one attached hydrogen (secondary N) is 1. The maximum Gasteiger partial charge on any atom is 0.420 e. The molecule has 13 heteroatoms. The highest BCUT2D eigenvalue weighted by Gasteiger charge is 2.41. The number of hydrogen-bond acceptors (Lipinski definition) is 5. The number of carbonyl (C=O) groups is 1. The summed E-state index contributed by atoms with van der Waals surface area (Å²) in [6, 6.07) is 1.05. The van der Waals surface area contributed by atoms with Crippen molar-refractivity contribution in [3.05, 3.63) is 82.4 Å². The quantitative estimate of drug-likeness (QED) is 0.525. The summed E-state index contributed by atoms with van der Waals surface area (Å²) in [6.07, 6.45) is -5.29. The first-order chi connectivity index (χ1) is 16.6. The molecule has 194 valence electrons. The van der Waals surface area contributed by atoms with Crippen LogP contribution in [-0.2, 0) is 0 Å². The topological polar surface area (TPSA) is 88.5 Å². The molecule has 0 saturated carbocycles. The van der Waals surface area contributed by atoms with Crippen molar-refractivity contribution in [2.45, 2.75) is 44.1 Å². The van der Waals surface area contributed by atoms with Gasteiger partial charge in [0.25, 0.3) is 11.8 Å². The Morgan fingerprint density at radius 1 is 1.17 bits per heavy atom. The van der Waals surface area contributed by atoms with Crippen LogP contribution in [0.2, 0.25) is 0 Å². The number of carbonyl (C=O) groups excluding carboxylic acids is 1. The number of hydroxylamine groups is 2. The van der Waals surface area contributed by atoms with Gasteiger partial charge in [0.05, 0.1) is 17.4 Å².